The summed E-state index contributed by atoms with van der Waals surface area (Å²) in [6.07, 6.45) is 0.832. The average molecular weight is 479 g/mol. The van der Waals surface area contributed by atoms with Crippen LogP contribution in [-0.2, 0) is 0 Å². The van der Waals surface area contributed by atoms with E-state index >= 15 is 8.78 Å². The minimum atomic E-state index is -1.38. The van der Waals surface area contributed by atoms with Gasteiger partial charge in [-0.25, -0.2) is 13.8 Å². The van der Waals surface area contributed by atoms with Gasteiger partial charge < -0.3 is 14.8 Å². The summed E-state index contributed by atoms with van der Waals surface area (Å²) in [5.74, 6) is -1.22. The summed E-state index contributed by atoms with van der Waals surface area (Å²) in [7, 11) is 0. The van der Waals surface area contributed by atoms with Crippen LogP contribution in [0, 0.1) is 18.6 Å². The average Bonchev–Trinajstić information content (AvgIpc) is 3.19. The number of nitrogens with zero attached hydrogens (tertiary/aromatic N) is 5. The third-order valence-electron chi connectivity index (χ3n) is 5.96. The van der Waals surface area contributed by atoms with Gasteiger partial charge in [0.25, 0.3) is 5.89 Å². The Balaban J connectivity index is 1.46. The van der Waals surface area contributed by atoms with Gasteiger partial charge in [-0.15, -0.1) is 10.2 Å². The number of aliphatic hydroxyl groups excluding tert-OH is 1. The smallest absolute Gasteiger partial charge is 0.268 e. The van der Waals surface area contributed by atoms with Crippen molar-refractivity contribution in [2.75, 3.05) is 26.2 Å². The Hall–Kier alpha value is -3.60. The number of aromatic nitrogens is 4. The summed E-state index contributed by atoms with van der Waals surface area (Å²) in [4.78, 5) is 10.5. The number of benzene rings is 2. The van der Waals surface area contributed by atoms with Gasteiger partial charge in [-0.3, -0.25) is 9.88 Å². The summed E-state index contributed by atoms with van der Waals surface area (Å²) in [6, 6.07) is 11.6. The molecule has 10 heteroatoms. The highest BCUT2D eigenvalue weighted by Gasteiger charge is 2.26. The number of hydrogen-bond donors (Lipinski definition) is 2. The molecule has 0 amide bonds. The number of nitrogens with one attached hydrogen (secondary N) is 1. The van der Waals surface area contributed by atoms with Crippen molar-refractivity contribution >= 4 is 0 Å². The van der Waals surface area contributed by atoms with E-state index in [1.165, 1.54) is 6.20 Å². The van der Waals surface area contributed by atoms with Crippen LogP contribution in [0.2, 0.25) is 0 Å². The number of rotatable bonds is 5. The molecular formula is C25H24F2N6O2. The lowest BCUT2D eigenvalue weighted by molar-refractivity contribution is 0.000884. The molecule has 0 saturated carbocycles. The van der Waals surface area contributed by atoms with Crippen LogP contribution in [0.15, 0.2) is 53.1 Å². The molecule has 1 saturated heterocycles. The van der Waals surface area contributed by atoms with Crippen molar-refractivity contribution in [3.8, 4) is 34.3 Å². The largest absolute Gasteiger partial charge is 0.415 e. The summed E-state index contributed by atoms with van der Waals surface area (Å²) in [5.41, 5.74) is 1.65. The van der Waals surface area contributed by atoms with Crippen LogP contribution in [0.1, 0.15) is 23.9 Å². The number of aryl methyl sites for hydroxylation is 1. The second-order valence-electron chi connectivity index (χ2n) is 8.33. The van der Waals surface area contributed by atoms with E-state index in [9.17, 15) is 5.11 Å². The first-order valence-corrected chi connectivity index (χ1v) is 11.4. The highest BCUT2D eigenvalue weighted by Crippen LogP contribution is 2.31. The molecule has 1 aliphatic rings. The zero-order chi connectivity index (χ0) is 24.4. The summed E-state index contributed by atoms with van der Waals surface area (Å²) in [5, 5.41) is 22.0. The Morgan fingerprint density at radius 2 is 1.74 bits per heavy atom. The van der Waals surface area contributed by atoms with E-state index in [-0.39, 0.29) is 22.7 Å². The molecule has 1 atom stereocenters. The van der Waals surface area contributed by atoms with Crippen molar-refractivity contribution in [1.29, 1.82) is 0 Å². The normalized spacial score (nSPS) is 15.7. The fourth-order valence-corrected chi connectivity index (χ4v) is 4.08. The molecule has 4 aromatic rings. The molecule has 0 bridgehead atoms. The van der Waals surface area contributed by atoms with Crippen molar-refractivity contribution in [2.45, 2.75) is 19.6 Å². The molecule has 180 valence electrons. The molecule has 2 aromatic carbocycles. The van der Waals surface area contributed by atoms with E-state index < -0.39 is 17.9 Å². The highest BCUT2D eigenvalue weighted by molar-refractivity contribution is 5.64. The number of aliphatic hydroxyl groups is 1. The quantitative estimate of drug-likeness (QED) is 0.448. The standard InChI is InChI=1S/C25H24F2N6O2/c1-15-22(24-32-31-23(35-24)16-6-3-2-4-7-16)30-20(14-29-15)17-12-18(26)21(19(27)13-17)25(34)33-10-5-8-28-9-11-33/h2-4,6-7,12-14,25,28,34H,5,8-11H2,1H3. The van der Waals surface area contributed by atoms with E-state index in [0.717, 1.165) is 30.7 Å². The van der Waals surface area contributed by atoms with Crippen molar-refractivity contribution in [2.24, 2.45) is 0 Å². The van der Waals surface area contributed by atoms with Crippen molar-refractivity contribution < 1.29 is 18.3 Å². The first-order chi connectivity index (χ1) is 17.0. The molecule has 35 heavy (non-hydrogen) atoms. The highest BCUT2D eigenvalue weighted by atomic mass is 19.1. The third-order valence-corrected chi connectivity index (χ3v) is 5.96. The van der Waals surface area contributed by atoms with Crippen molar-refractivity contribution in [3.05, 3.63) is 71.6 Å². The molecule has 3 heterocycles. The Bertz CT molecular complexity index is 1300. The summed E-state index contributed by atoms with van der Waals surface area (Å²) < 4.78 is 35.9. The lowest BCUT2D eigenvalue weighted by Gasteiger charge is -2.27. The predicted octanol–water partition coefficient (Wildman–Crippen LogP) is 3.73. The van der Waals surface area contributed by atoms with Gasteiger partial charge in [0.1, 0.15) is 23.6 Å². The maximum Gasteiger partial charge on any atom is 0.268 e. The predicted molar refractivity (Wildman–Crippen MR) is 125 cm³/mol. The second kappa shape index (κ2) is 9.95. The first-order valence-electron chi connectivity index (χ1n) is 11.4. The van der Waals surface area contributed by atoms with Crippen LogP contribution in [0.3, 0.4) is 0 Å². The maximum atomic E-state index is 15.1. The lowest BCUT2D eigenvalue weighted by Crippen LogP contribution is -2.33. The van der Waals surface area contributed by atoms with Crippen molar-refractivity contribution in [3.63, 3.8) is 0 Å². The van der Waals surface area contributed by atoms with Crippen LogP contribution in [0.5, 0.6) is 0 Å². The van der Waals surface area contributed by atoms with Crippen LogP contribution in [0.4, 0.5) is 8.78 Å². The van der Waals surface area contributed by atoms with E-state index in [1.807, 2.05) is 30.3 Å². The van der Waals surface area contributed by atoms with Gasteiger partial charge in [0.15, 0.2) is 0 Å². The zero-order valence-corrected chi connectivity index (χ0v) is 19.1. The third kappa shape index (κ3) is 4.81. The number of halogens is 2. The monoisotopic (exact) mass is 478 g/mol. The van der Waals surface area contributed by atoms with Gasteiger partial charge >= 0.3 is 0 Å². The van der Waals surface area contributed by atoms with Gasteiger partial charge in [0.05, 0.1) is 23.1 Å². The van der Waals surface area contributed by atoms with Gasteiger partial charge in [-0.1, -0.05) is 18.2 Å². The van der Waals surface area contributed by atoms with E-state index in [0.29, 0.717) is 36.9 Å². The van der Waals surface area contributed by atoms with Crippen LogP contribution >= 0.6 is 0 Å². The molecule has 0 aliphatic carbocycles. The fraction of sp³-hybridized carbons (Fsp3) is 0.280. The molecule has 1 fully saturated rings. The first kappa shape index (κ1) is 23.2. The van der Waals surface area contributed by atoms with E-state index in [4.69, 9.17) is 4.42 Å². The van der Waals surface area contributed by atoms with Gasteiger partial charge in [0, 0.05) is 30.8 Å². The molecule has 2 aromatic heterocycles. The molecule has 0 radical (unpaired) electrons. The molecule has 2 N–H and O–H groups in total. The van der Waals surface area contributed by atoms with Crippen LogP contribution < -0.4 is 5.32 Å². The van der Waals surface area contributed by atoms with Gasteiger partial charge in [-0.05, 0) is 44.2 Å². The lowest BCUT2D eigenvalue weighted by atomic mass is 10.1. The van der Waals surface area contributed by atoms with E-state index in [2.05, 4.69) is 25.5 Å². The molecule has 1 aliphatic heterocycles. The Labute approximate surface area is 200 Å². The molecular weight excluding hydrogens is 454 g/mol. The Morgan fingerprint density at radius 1 is 1.00 bits per heavy atom. The fourth-order valence-electron chi connectivity index (χ4n) is 4.08. The van der Waals surface area contributed by atoms with Crippen LogP contribution in [-0.4, -0.2) is 56.4 Å². The Kier molecular flexibility index (Phi) is 6.58. The van der Waals surface area contributed by atoms with Crippen molar-refractivity contribution in [1.82, 2.24) is 30.4 Å². The second-order valence-corrected chi connectivity index (χ2v) is 8.33. The minimum absolute atomic E-state index is 0.151. The SMILES string of the molecule is Cc1ncc(-c2cc(F)c(C(O)N3CCCNCC3)c(F)c2)nc1-c1nnc(-c2ccccc2)o1. The topological polar surface area (TPSA) is 100 Å². The molecule has 1 unspecified atom stereocenters. The zero-order valence-electron chi connectivity index (χ0n) is 19.1. The van der Waals surface area contributed by atoms with E-state index in [1.54, 1.807) is 11.8 Å². The number of hydrogen-bond acceptors (Lipinski definition) is 8. The molecule has 5 rings (SSSR count). The molecule has 0 spiro atoms. The molecule has 8 nitrogen and oxygen atoms in total. The Morgan fingerprint density at radius 3 is 2.51 bits per heavy atom. The minimum Gasteiger partial charge on any atom is -0.415 e. The summed E-state index contributed by atoms with van der Waals surface area (Å²) in [6.45, 7) is 4.20. The summed E-state index contributed by atoms with van der Waals surface area (Å²) >= 11 is 0. The van der Waals surface area contributed by atoms with Gasteiger partial charge in [-0.2, -0.15) is 0 Å². The maximum absolute atomic E-state index is 15.1. The van der Waals surface area contributed by atoms with Gasteiger partial charge in [0.2, 0.25) is 5.89 Å². The van der Waals surface area contributed by atoms with Crippen LogP contribution in [0.25, 0.3) is 34.3 Å².